The molecule has 0 amide bonds. The van der Waals surface area contributed by atoms with Gasteiger partial charge in [0.05, 0.1) is 23.4 Å². The van der Waals surface area contributed by atoms with Gasteiger partial charge >= 0.3 is 7.48 Å². The van der Waals surface area contributed by atoms with Crippen molar-refractivity contribution in [1.82, 2.24) is 0 Å². The molecule has 133 valence electrons. The standard InChI is InChI=1S/C19H30BO4/c1-14(23-17-9-11-22-12-10-17)15-7-6-8-16(13-15)20-24-19(4,5)18(2,3)21/h6-8,13-14,17,21H,9-12H2,1-5H3. The molecule has 2 rings (SSSR count). The van der Waals surface area contributed by atoms with Gasteiger partial charge in [-0.1, -0.05) is 29.7 Å². The molecule has 1 saturated heterocycles. The second kappa shape index (κ2) is 8.00. The first kappa shape index (κ1) is 19.4. The van der Waals surface area contributed by atoms with E-state index in [2.05, 4.69) is 19.1 Å². The van der Waals surface area contributed by atoms with Crippen LogP contribution in [0.25, 0.3) is 0 Å². The number of hydrogen-bond donors (Lipinski definition) is 1. The Labute approximate surface area is 146 Å². The zero-order chi connectivity index (χ0) is 17.8. The van der Waals surface area contributed by atoms with Crippen LogP contribution in [-0.4, -0.2) is 43.1 Å². The van der Waals surface area contributed by atoms with Crippen molar-refractivity contribution < 1.29 is 19.2 Å². The van der Waals surface area contributed by atoms with Crippen LogP contribution in [0.3, 0.4) is 0 Å². The number of benzene rings is 1. The summed E-state index contributed by atoms with van der Waals surface area (Å²) in [7, 11) is 1.71. The van der Waals surface area contributed by atoms with E-state index in [0.717, 1.165) is 37.1 Å². The highest BCUT2D eigenvalue weighted by Crippen LogP contribution is 2.25. The van der Waals surface area contributed by atoms with Gasteiger partial charge in [-0.2, -0.15) is 0 Å². The van der Waals surface area contributed by atoms with Crippen molar-refractivity contribution in [3.63, 3.8) is 0 Å². The average molecular weight is 333 g/mol. The van der Waals surface area contributed by atoms with Gasteiger partial charge < -0.3 is 19.2 Å². The largest absolute Gasteiger partial charge is 0.427 e. The summed E-state index contributed by atoms with van der Waals surface area (Å²) in [5, 5.41) is 10.2. The van der Waals surface area contributed by atoms with Crippen LogP contribution in [0.1, 0.15) is 59.1 Å². The van der Waals surface area contributed by atoms with Crippen molar-refractivity contribution in [3.05, 3.63) is 29.8 Å². The van der Waals surface area contributed by atoms with Crippen LogP contribution in [0, 0.1) is 0 Å². The quantitative estimate of drug-likeness (QED) is 0.780. The molecule has 5 heteroatoms. The molecule has 0 aliphatic carbocycles. The maximum Gasteiger partial charge on any atom is 0.330 e. The number of hydrogen-bond acceptors (Lipinski definition) is 4. The maximum absolute atomic E-state index is 10.2. The van der Waals surface area contributed by atoms with Crippen molar-refractivity contribution in [2.45, 2.75) is 70.9 Å². The Hall–Kier alpha value is -0.875. The number of aliphatic hydroxyl groups is 1. The summed E-state index contributed by atoms with van der Waals surface area (Å²) in [5.41, 5.74) is 0.487. The molecule has 1 N–H and O–H groups in total. The van der Waals surface area contributed by atoms with Gasteiger partial charge in [0.15, 0.2) is 0 Å². The molecule has 1 atom stereocenters. The first-order chi connectivity index (χ1) is 11.2. The van der Waals surface area contributed by atoms with Crippen LogP contribution in [0.15, 0.2) is 24.3 Å². The van der Waals surface area contributed by atoms with Gasteiger partial charge in [0, 0.05) is 13.2 Å². The Morgan fingerprint density at radius 3 is 2.50 bits per heavy atom. The van der Waals surface area contributed by atoms with Crippen LogP contribution in [0.2, 0.25) is 0 Å². The van der Waals surface area contributed by atoms with Crippen molar-refractivity contribution >= 4 is 12.9 Å². The lowest BCUT2D eigenvalue weighted by molar-refractivity contribution is -0.0893. The maximum atomic E-state index is 10.2. The van der Waals surface area contributed by atoms with E-state index >= 15 is 0 Å². The van der Waals surface area contributed by atoms with Crippen LogP contribution < -0.4 is 5.46 Å². The second-order valence-electron chi connectivity index (χ2n) is 7.57. The number of ether oxygens (including phenoxy) is 2. The van der Waals surface area contributed by atoms with Crippen LogP contribution in [0.4, 0.5) is 0 Å². The predicted molar refractivity (Wildman–Crippen MR) is 96.6 cm³/mol. The SMILES string of the molecule is CC(OC1CCOCC1)c1cccc([B]OC(C)(C)C(C)(C)O)c1. The summed E-state index contributed by atoms with van der Waals surface area (Å²) in [6.07, 6.45) is 2.22. The topological polar surface area (TPSA) is 47.9 Å². The minimum Gasteiger partial charge on any atom is -0.427 e. The van der Waals surface area contributed by atoms with Gasteiger partial charge in [0.1, 0.15) is 0 Å². The van der Waals surface area contributed by atoms with E-state index < -0.39 is 11.2 Å². The van der Waals surface area contributed by atoms with E-state index in [9.17, 15) is 5.11 Å². The van der Waals surface area contributed by atoms with Gasteiger partial charge in [-0.3, -0.25) is 0 Å². The third-order valence-corrected chi connectivity index (χ3v) is 4.91. The lowest BCUT2D eigenvalue weighted by atomic mass is 9.82. The van der Waals surface area contributed by atoms with Crippen molar-refractivity contribution in [2.24, 2.45) is 0 Å². The zero-order valence-corrected chi connectivity index (χ0v) is 15.5. The monoisotopic (exact) mass is 333 g/mol. The molecule has 0 aromatic heterocycles. The van der Waals surface area contributed by atoms with E-state index in [-0.39, 0.29) is 12.2 Å². The van der Waals surface area contributed by atoms with Crippen molar-refractivity contribution in [2.75, 3.05) is 13.2 Å². The summed E-state index contributed by atoms with van der Waals surface area (Å²) >= 11 is 0. The lowest BCUT2D eigenvalue weighted by Gasteiger charge is -2.37. The minimum absolute atomic E-state index is 0.0312. The number of rotatable bonds is 7. The van der Waals surface area contributed by atoms with Gasteiger partial charge in [-0.05, 0) is 53.0 Å². The van der Waals surface area contributed by atoms with E-state index in [1.165, 1.54) is 0 Å². The molecule has 1 unspecified atom stereocenters. The lowest BCUT2D eigenvalue weighted by Crippen LogP contribution is -2.49. The molecule has 1 fully saturated rings. The molecule has 0 spiro atoms. The molecular weight excluding hydrogens is 303 g/mol. The molecule has 0 saturated carbocycles. The van der Waals surface area contributed by atoms with Gasteiger partial charge in [0.25, 0.3) is 0 Å². The van der Waals surface area contributed by atoms with E-state index in [4.69, 9.17) is 14.1 Å². The Balaban J connectivity index is 1.95. The normalized spacial score (nSPS) is 18.4. The van der Waals surface area contributed by atoms with E-state index in [0.29, 0.717) is 0 Å². The molecule has 4 nitrogen and oxygen atoms in total. The third kappa shape index (κ3) is 5.31. The van der Waals surface area contributed by atoms with Gasteiger partial charge in [0.2, 0.25) is 0 Å². The molecule has 1 aromatic rings. The summed E-state index contributed by atoms with van der Waals surface area (Å²) in [4.78, 5) is 0. The average Bonchev–Trinajstić information content (AvgIpc) is 2.53. The molecule has 1 radical (unpaired) electrons. The fourth-order valence-electron chi connectivity index (χ4n) is 2.42. The molecule has 24 heavy (non-hydrogen) atoms. The summed E-state index contributed by atoms with van der Waals surface area (Å²) in [6, 6.07) is 8.14. The molecular formula is C19H30BO4. The summed E-state index contributed by atoms with van der Waals surface area (Å²) < 4.78 is 17.4. The van der Waals surface area contributed by atoms with E-state index in [1.54, 1.807) is 21.3 Å². The third-order valence-electron chi connectivity index (χ3n) is 4.91. The predicted octanol–water partition coefficient (Wildman–Crippen LogP) is 2.75. The van der Waals surface area contributed by atoms with Crippen LogP contribution in [0.5, 0.6) is 0 Å². The van der Waals surface area contributed by atoms with Crippen LogP contribution >= 0.6 is 0 Å². The highest BCUT2D eigenvalue weighted by Gasteiger charge is 2.35. The van der Waals surface area contributed by atoms with Crippen LogP contribution in [-0.2, 0) is 14.1 Å². The van der Waals surface area contributed by atoms with Gasteiger partial charge in [-0.15, -0.1) is 0 Å². The minimum atomic E-state index is -0.930. The zero-order valence-electron chi connectivity index (χ0n) is 15.5. The van der Waals surface area contributed by atoms with Gasteiger partial charge in [-0.25, -0.2) is 0 Å². The Morgan fingerprint density at radius 1 is 1.21 bits per heavy atom. The Morgan fingerprint density at radius 2 is 1.88 bits per heavy atom. The fourth-order valence-corrected chi connectivity index (χ4v) is 2.42. The molecule has 0 bridgehead atoms. The Bertz CT molecular complexity index is 518. The summed E-state index contributed by atoms with van der Waals surface area (Å²) in [5.74, 6) is 0. The van der Waals surface area contributed by atoms with E-state index in [1.807, 2.05) is 26.0 Å². The molecule has 1 aliphatic heterocycles. The highest BCUT2D eigenvalue weighted by molar-refractivity contribution is 6.47. The second-order valence-corrected chi connectivity index (χ2v) is 7.57. The molecule has 1 aliphatic rings. The molecule has 1 aromatic carbocycles. The highest BCUT2D eigenvalue weighted by atomic mass is 16.5. The fraction of sp³-hybridized carbons (Fsp3) is 0.684. The first-order valence-electron chi connectivity index (χ1n) is 8.75. The Kier molecular flexibility index (Phi) is 6.49. The van der Waals surface area contributed by atoms with Crippen molar-refractivity contribution in [3.8, 4) is 0 Å². The smallest absolute Gasteiger partial charge is 0.330 e. The van der Waals surface area contributed by atoms with Crippen molar-refractivity contribution in [1.29, 1.82) is 0 Å². The summed E-state index contributed by atoms with van der Waals surface area (Å²) in [6.45, 7) is 10.9. The first-order valence-corrected chi connectivity index (χ1v) is 8.75. The molecule has 1 heterocycles.